The molecule has 0 spiro atoms. The molecule has 2 aromatic heterocycles. The fraction of sp³-hybridized carbons (Fsp3) is 0.400. The summed E-state index contributed by atoms with van der Waals surface area (Å²) in [6, 6.07) is 9.03. The predicted molar refractivity (Wildman–Crippen MR) is 108 cm³/mol. The third kappa shape index (κ3) is 3.55. The number of nitrogens with zero attached hydrogens (tertiary/aromatic N) is 5. The van der Waals surface area contributed by atoms with Crippen molar-refractivity contribution in [2.75, 3.05) is 26.2 Å². The normalized spacial score (nSPS) is 16.6. The Bertz CT molecular complexity index is 1080. The minimum Gasteiger partial charge on any atom is -0.296 e. The minimum absolute atomic E-state index is 0.291. The van der Waals surface area contributed by atoms with E-state index in [0.29, 0.717) is 36.6 Å². The molecule has 0 bridgehead atoms. The number of aromatic nitrogens is 3. The molecule has 1 aromatic carbocycles. The topological polar surface area (TPSA) is 71.3 Å². The first-order valence-electron chi connectivity index (χ1n) is 9.58. The maximum atomic E-state index is 13.2. The molecule has 1 aliphatic heterocycles. The summed E-state index contributed by atoms with van der Waals surface area (Å²) in [5.41, 5.74) is 2.78. The molecule has 8 heteroatoms. The number of benzene rings is 1. The number of para-hydroxylation sites is 1. The van der Waals surface area contributed by atoms with E-state index in [9.17, 15) is 8.42 Å². The number of hydrogen-bond acceptors (Lipinski definition) is 5. The SMILES string of the molecule is CCn1cc(CN2CCN(S(=O)(=O)c3cccc4cccnc34)CC2)c(C)n1. The summed E-state index contributed by atoms with van der Waals surface area (Å²) < 4.78 is 30.0. The molecule has 0 radical (unpaired) electrons. The molecule has 3 aromatic rings. The van der Waals surface area contributed by atoms with Crippen LogP contribution < -0.4 is 0 Å². The summed E-state index contributed by atoms with van der Waals surface area (Å²) in [7, 11) is -3.57. The van der Waals surface area contributed by atoms with Gasteiger partial charge in [-0.15, -0.1) is 0 Å². The zero-order chi connectivity index (χ0) is 19.7. The van der Waals surface area contributed by atoms with Gasteiger partial charge in [-0.3, -0.25) is 14.6 Å². The average molecular weight is 400 g/mol. The van der Waals surface area contributed by atoms with Crippen LogP contribution in [0.15, 0.2) is 47.6 Å². The monoisotopic (exact) mass is 399 g/mol. The van der Waals surface area contributed by atoms with Crippen LogP contribution in [-0.2, 0) is 23.1 Å². The number of fused-ring (bicyclic) bond motifs is 1. The van der Waals surface area contributed by atoms with Crippen LogP contribution in [0.1, 0.15) is 18.2 Å². The van der Waals surface area contributed by atoms with Gasteiger partial charge in [0.2, 0.25) is 10.0 Å². The molecular formula is C20H25N5O2S. The molecule has 0 atom stereocenters. The summed E-state index contributed by atoms with van der Waals surface area (Å²) in [4.78, 5) is 6.89. The predicted octanol–water partition coefficient (Wildman–Crippen LogP) is 2.27. The van der Waals surface area contributed by atoms with Crippen molar-refractivity contribution in [3.63, 3.8) is 0 Å². The summed E-state index contributed by atoms with van der Waals surface area (Å²) >= 11 is 0. The van der Waals surface area contributed by atoms with Crippen LogP contribution >= 0.6 is 0 Å². The van der Waals surface area contributed by atoms with E-state index in [1.165, 1.54) is 5.56 Å². The quantitative estimate of drug-likeness (QED) is 0.658. The van der Waals surface area contributed by atoms with Crippen LogP contribution in [-0.4, -0.2) is 58.6 Å². The van der Waals surface area contributed by atoms with Crippen LogP contribution in [0.25, 0.3) is 10.9 Å². The van der Waals surface area contributed by atoms with E-state index in [4.69, 9.17) is 0 Å². The molecule has 1 fully saturated rings. The number of sulfonamides is 1. The Hall–Kier alpha value is -2.29. The van der Waals surface area contributed by atoms with Crippen LogP contribution in [0.5, 0.6) is 0 Å². The van der Waals surface area contributed by atoms with Gasteiger partial charge in [0.15, 0.2) is 0 Å². The summed E-state index contributed by atoms with van der Waals surface area (Å²) in [5, 5.41) is 5.33. The largest absolute Gasteiger partial charge is 0.296 e. The lowest BCUT2D eigenvalue weighted by Crippen LogP contribution is -2.48. The lowest BCUT2D eigenvalue weighted by Gasteiger charge is -2.34. The zero-order valence-corrected chi connectivity index (χ0v) is 17.1. The van der Waals surface area contributed by atoms with E-state index in [1.807, 2.05) is 29.8 Å². The van der Waals surface area contributed by atoms with E-state index in [-0.39, 0.29) is 0 Å². The molecule has 3 heterocycles. The highest BCUT2D eigenvalue weighted by atomic mass is 32.2. The maximum Gasteiger partial charge on any atom is 0.245 e. The third-order valence-corrected chi connectivity index (χ3v) is 7.24. The first kappa shape index (κ1) is 19.0. The number of piperazine rings is 1. The van der Waals surface area contributed by atoms with Gasteiger partial charge in [-0.1, -0.05) is 18.2 Å². The Kier molecular flexibility index (Phi) is 5.18. The molecule has 0 saturated carbocycles. The second kappa shape index (κ2) is 7.62. The zero-order valence-electron chi connectivity index (χ0n) is 16.2. The van der Waals surface area contributed by atoms with E-state index in [1.54, 1.807) is 22.6 Å². The van der Waals surface area contributed by atoms with Gasteiger partial charge in [-0.05, 0) is 26.0 Å². The maximum absolute atomic E-state index is 13.2. The van der Waals surface area contributed by atoms with Gasteiger partial charge < -0.3 is 0 Å². The van der Waals surface area contributed by atoms with E-state index >= 15 is 0 Å². The third-order valence-electron chi connectivity index (χ3n) is 5.31. The Morgan fingerprint density at radius 3 is 2.54 bits per heavy atom. The highest BCUT2D eigenvalue weighted by Gasteiger charge is 2.30. The van der Waals surface area contributed by atoms with Gasteiger partial charge in [0.25, 0.3) is 0 Å². The van der Waals surface area contributed by atoms with Crippen LogP contribution in [0.2, 0.25) is 0 Å². The molecule has 1 saturated heterocycles. The van der Waals surface area contributed by atoms with Gasteiger partial charge in [0, 0.05) is 62.6 Å². The fourth-order valence-corrected chi connectivity index (χ4v) is 5.26. The smallest absolute Gasteiger partial charge is 0.245 e. The fourth-order valence-electron chi connectivity index (χ4n) is 3.67. The second-order valence-electron chi connectivity index (χ2n) is 7.11. The minimum atomic E-state index is -3.57. The van der Waals surface area contributed by atoms with Crippen molar-refractivity contribution < 1.29 is 8.42 Å². The van der Waals surface area contributed by atoms with Crippen molar-refractivity contribution in [3.8, 4) is 0 Å². The first-order chi connectivity index (χ1) is 13.5. The van der Waals surface area contributed by atoms with Crippen LogP contribution in [0.3, 0.4) is 0 Å². The molecule has 148 valence electrons. The van der Waals surface area contributed by atoms with Gasteiger partial charge in [-0.2, -0.15) is 9.40 Å². The molecule has 4 rings (SSSR count). The first-order valence-corrected chi connectivity index (χ1v) is 11.0. The molecule has 28 heavy (non-hydrogen) atoms. The standard InChI is InChI=1S/C20H25N5O2S/c1-3-24-15-18(16(2)22-24)14-23-10-12-25(13-11-23)28(26,27)19-8-4-6-17-7-5-9-21-20(17)19/h4-9,15H,3,10-14H2,1-2H3. The summed E-state index contributed by atoms with van der Waals surface area (Å²) in [6.07, 6.45) is 3.72. The van der Waals surface area contributed by atoms with Crippen molar-refractivity contribution in [3.05, 3.63) is 54.0 Å². The molecule has 0 N–H and O–H groups in total. The Morgan fingerprint density at radius 2 is 1.82 bits per heavy atom. The number of hydrogen-bond donors (Lipinski definition) is 0. The molecule has 7 nitrogen and oxygen atoms in total. The summed E-state index contributed by atoms with van der Waals surface area (Å²) in [5.74, 6) is 0. The molecule has 1 aliphatic rings. The van der Waals surface area contributed by atoms with E-state index in [0.717, 1.165) is 24.2 Å². The van der Waals surface area contributed by atoms with Crippen molar-refractivity contribution >= 4 is 20.9 Å². The van der Waals surface area contributed by atoms with Crippen molar-refractivity contribution in [2.45, 2.75) is 31.8 Å². The van der Waals surface area contributed by atoms with Crippen LogP contribution in [0.4, 0.5) is 0 Å². The van der Waals surface area contributed by atoms with Crippen LogP contribution in [0, 0.1) is 6.92 Å². The van der Waals surface area contributed by atoms with Crippen molar-refractivity contribution in [1.29, 1.82) is 0 Å². The Labute approximate surface area is 165 Å². The van der Waals surface area contributed by atoms with E-state index in [2.05, 4.69) is 28.1 Å². The highest BCUT2D eigenvalue weighted by molar-refractivity contribution is 7.89. The molecule has 0 amide bonds. The van der Waals surface area contributed by atoms with Gasteiger partial charge >= 0.3 is 0 Å². The number of rotatable bonds is 5. The molecule has 0 aliphatic carbocycles. The van der Waals surface area contributed by atoms with Gasteiger partial charge in [0.05, 0.1) is 11.2 Å². The number of aryl methyl sites for hydroxylation is 2. The molecule has 0 unspecified atom stereocenters. The lowest BCUT2D eigenvalue weighted by molar-refractivity contribution is 0.181. The second-order valence-corrected chi connectivity index (χ2v) is 9.01. The summed E-state index contributed by atoms with van der Waals surface area (Å²) in [6.45, 7) is 8.11. The highest BCUT2D eigenvalue weighted by Crippen LogP contribution is 2.25. The van der Waals surface area contributed by atoms with Gasteiger partial charge in [0.1, 0.15) is 4.90 Å². The van der Waals surface area contributed by atoms with Gasteiger partial charge in [-0.25, -0.2) is 8.42 Å². The van der Waals surface area contributed by atoms with Crippen molar-refractivity contribution in [1.82, 2.24) is 24.0 Å². The average Bonchev–Trinajstić information content (AvgIpc) is 3.07. The van der Waals surface area contributed by atoms with Crippen molar-refractivity contribution in [2.24, 2.45) is 0 Å². The lowest BCUT2D eigenvalue weighted by atomic mass is 10.2. The Morgan fingerprint density at radius 1 is 1.07 bits per heavy atom. The number of pyridine rings is 1. The Balaban J connectivity index is 1.49. The van der Waals surface area contributed by atoms with E-state index < -0.39 is 10.0 Å². The molecular weight excluding hydrogens is 374 g/mol.